The van der Waals surface area contributed by atoms with Crippen molar-refractivity contribution in [2.45, 2.75) is 132 Å². The lowest BCUT2D eigenvalue weighted by Crippen LogP contribution is -2.65. The van der Waals surface area contributed by atoms with Gasteiger partial charge in [0.05, 0.1) is 18.2 Å². The topological polar surface area (TPSA) is 414 Å². The van der Waals surface area contributed by atoms with E-state index in [-0.39, 0.29) is 49.7 Å². The van der Waals surface area contributed by atoms with Crippen molar-refractivity contribution in [1.82, 2.24) is 42.2 Å². The Morgan fingerprint density at radius 2 is 1.37 bits per heavy atom. The second-order valence-electron chi connectivity index (χ2n) is 19.6. The van der Waals surface area contributed by atoms with Crippen LogP contribution in [-0.2, 0) is 51.2 Å². The van der Waals surface area contributed by atoms with Crippen LogP contribution in [0, 0.1) is 0 Å². The van der Waals surface area contributed by atoms with E-state index in [1.54, 1.807) is 61.7 Å². The van der Waals surface area contributed by atoms with Crippen LogP contribution in [0.1, 0.15) is 70.1 Å². The molecule has 24 nitrogen and oxygen atoms in total. The molecule has 5 rings (SSSR count). The SMILES string of the molecule is C[C@@H](O)[C@H](NC(=O)[C@@H]1NC(=O)[C@@H]([C@@H](C)O)NC(=O)[C@H](CCCN=C(N)N)NC(=O)[C@H](Cc2c[nH]c3ccccc23)NC(=O)[C@H](Cc2ccc(O)cc2)NC(=O)[C@@H](NC(=O)[C@H](N)[C@@H](C)c2ccccc2)CSSC1(C)C)C(N)=O. The monoisotopic (exact) mass is 1120 g/mol. The summed E-state index contributed by atoms with van der Waals surface area (Å²) in [6, 6.07) is 9.79. The van der Waals surface area contributed by atoms with Crippen molar-refractivity contribution in [2.24, 2.45) is 27.9 Å². The summed E-state index contributed by atoms with van der Waals surface area (Å²) in [7, 11) is 1.92. The lowest BCUT2D eigenvalue weighted by atomic mass is 9.93. The number of aromatic nitrogens is 1. The van der Waals surface area contributed by atoms with Crippen LogP contribution >= 0.6 is 21.6 Å². The number of guanidine groups is 1. The molecule has 0 radical (unpaired) electrons. The molecule has 11 atom stereocenters. The number of fused-ring (bicyclic) bond motifs is 1. The Labute approximate surface area is 459 Å². The number of nitrogens with two attached hydrogens (primary N) is 4. The summed E-state index contributed by atoms with van der Waals surface area (Å²) in [5, 5.41) is 50.8. The van der Waals surface area contributed by atoms with Gasteiger partial charge in [-0.3, -0.25) is 43.3 Å². The molecule has 26 heteroatoms. The molecule has 0 saturated carbocycles. The van der Waals surface area contributed by atoms with Crippen molar-refractivity contribution in [3.63, 3.8) is 0 Å². The van der Waals surface area contributed by atoms with Crippen molar-refractivity contribution in [2.75, 3.05) is 12.3 Å². The molecule has 1 aliphatic heterocycles. The number of aliphatic hydroxyl groups excluding tert-OH is 2. The van der Waals surface area contributed by atoms with Gasteiger partial charge in [0.2, 0.25) is 47.3 Å². The molecular formula is C52H71N13O11S2. The smallest absolute Gasteiger partial charge is 0.245 e. The van der Waals surface area contributed by atoms with Gasteiger partial charge in [-0.05, 0) is 75.4 Å². The highest BCUT2D eigenvalue weighted by Gasteiger charge is 2.43. The largest absolute Gasteiger partial charge is 0.508 e. The van der Waals surface area contributed by atoms with E-state index in [9.17, 15) is 53.7 Å². The highest BCUT2D eigenvalue weighted by Crippen LogP contribution is 2.39. The lowest BCUT2D eigenvalue weighted by Gasteiger charge is -2.36. The summed E-state index contributed by atoms with van der Waals surface area (Å²) in [4.78, 5) is 121. The van der Waals surface area contributed by atoms with Crippen LogP contribution in [0.4, 0.5) is 0 Å². The third-order valence-electron chi connectivity index (χ3n) is 13.0. The predicted molar refractivity (Wildman–Crippen MR) is 297 cm³/mol. The number of phenols is 1. The van der Waals surface area contributed by atoms with Crippen LogP contribution in [-0.4, -0.2) is 151 Å². The molecular weight excluding hydrogens is 1050 g/mol. The maximum Gasteiger partial charge on any atom is 0.245 e. The molecule has 4 aromatic rings. The quantitative estimate of drug-likeness (QED) is 0.0252. The van der Waals surface area contributed by atoms with Gasteiger partial charge >= 0.3 is 0 Å². The highest BCUT2D eigenvalue weighted by molar-refractivity contribution is 8.77. The van der Waals surface area contributed by atoms with E-state index in [0.717, 1.165) is 27.2 Å². The molecule has 78 heavy (non-hydrogen) atoms. The summed E-state index contributed by atoms with van der Waals surface area (Å²) in [5.74, 6) is -8.71. The van der Waals surface area contributed by atoms with Gasteiger partial charge in [0.15, 0.2) is 5.96 Å². The van der Waals surface area contributed by atoms with Crippen LogP contribution in [0.15, 0.2) is 90.1 Å². The van der Waals surface area contributed by atoms with E-state index in [2.05, 4.69) is 47.2 Å². The Bertz CT molecular complexity index is 2780. The Morgan fingerprint density at radius 1 is 0.769 bits per heavy atom. The number of aliphatic hydroxyl groups is 2. The summed E-state index contributed by atoms with van der Waals surface area (Å²) in [6.45, 7) is 7.19. The Kier molecular flexibility index (Phi) is 22.3. The fourth-order valence-electron chi connectivity index (χ4n) is 8.45. The number of nitrogens with one attached hydrogen (secondary N) is 8. The first-order valence-corrected chi connectivity index (χ1v) is 27.5. The molecule has 19 N–H and O–H groups in total. The molecule has 0 spiro atoms. The van der Waals surface area contributed by atoms with E-state index < -0.39 is 118 Å². The van der Waals surface area contributed by atoms with Crippen molar-refractivity contribution in [3.05, 3.63) is 102 Å². The van der Waals surface area contributed by atoms with Gasteiger partial charge in [0.25, 0.3) is 0 Å². The molecule has 1 fully saturated rings. The molecule has 0 unspecified atom stereocenters. The number of hydrogen-bond acceptors (Lipinski definition) is 15. The fourth-order valence-corrected chi connectivity index (χ4v) is 11.3. The van der Waals surface area contributed by atoms with Gasteiger partial charge in [-0.15, -0.1) is 0 Å². The minimum atomic E-state index is -1.80. The van der Waals surface area contributed by atoms with Gasteiger partial charge < -0.3 is 80.5 Å². The van der Waals surface area contributed by atoms with Crippen LogP contribution in [0.5, 0.6) is 5.75 Å². The normalized spacial score (nSPS) is 22.8. The number of aromatic amines is 1. The number of rotatable bonds is 17. The number of aromatic hydroxyl groups is 1. The fraction of sp³-hybridized carbons (Fsp3) is 0.442. The third kappa shape index (κ3) is 17.3. The molecule has 422 valence electrons. The number of amides is 8. The van der Waals surface area contributed by atoms with Crippen molar-refractivity contribution in [3.8, 4) is 5.75 Å². The Hall–Kier alpha value is -7.39. The number of aliphatic imine (C=N–C) groups is 1. The first-order chi connectivity index (χ1) is 36.9. The van der Waals surface area contributed by atoms with Gasteiger partial charge in [-0.1, -0.05) is 89.2 Å². The second kappa shape index (κ2) is 28.3. The summed E-state index contributed by atoms with van der Waals surface area (Å²) in [6.07, 6.45) is -1.93. The predicted octanol–water partition coefficient (Wildman–Crippen LogP) is -1.34. The number of benzene rings is 3. The van der Waals surface area contributed by atoms with Crippen LogP contribution in [0.3, 0.4) is 0 Å². The number of nitrogens with zero attached hydrogens (tertiary/aromatic N) is 1. The number of H-pyrrole nitrogens is 1. The van der Waals surface area contributed by atoms with Crippen LogP contribution in [0.25, 0.3) is 10.9 Å². The minimum absolute atomic E-state index is 0.00378. The van der Waals surface area contributed by atoms with Crippen LogP contribution in [0.2, 0.25) is 0 Å². The average molecular weight is 1120 g/mol. The number of hydrogen-bond donors (Lipinski definition) is 15. The lowest BCUT2D eigenvalue weighted by molar-refractivity contribution is -0.137. The Balaban J connectivity index is 1.65. The van der Waals surface area contributed by atoms with E-state index in [4.69, 9.17) is 22.9 Å². The van der Waals surface area contributed by atoms with Crippen molar-refractivity contribution in [1.29, 1.82) is 0 Å². The number of carbonyl (C=O) groups excluding carboxylic acids is 8. The van der Waals surface area contributed by atoms with Crippen molar-refractivity contribution < 1.29 is 53.7 Å². The zero-order chi connectivity index (χ0) is 57.4. The van der Waals surface area contributed by atoms with E-state index >= 15 is 0 Å². The second-order valence-corrected chi connectivity index (χ2v) is 22.6. The molecule has 1 aromatic heterocycles. The molecule has 1 aliphatic rings. The van der Waals surface area contributed by atoms with E-state index in [1.165, 1.54) is 52.0 Å². The standard InChI is InChI=1S/C52H71N13O11S2/c1-26(30-12-7-6-8-13-30)39(53)48(74)62-38-25-77-78-52(4,5)42(50(76)63-40(27(2)66)43(54)69)65-49(75)41(28(3)67)64-44(70)35(16-11-21-57-51(55)56)59-46(72)37(23-31-24-58-34-15-10-9-14-33(31)34)61-45(71)36(60-47(38)73)22-29-17-19-32(68)20-18-29/h6-10,12-15,17-20,24,26-28,35-42,58,66-68H,11,16,21-23,25,53H2,1-5H3,(H2,54,69)(H,59,72)(H,60,73)(H,61,71)(H,62,74)(H,63,76)(H,64,70)(H,65,75)(H4,55,56,57)/t26-,27+,28+,35-,36-,37-,38-,39+,40-,41+,42-/m0/s1. The first-order valence-electron chi connectivity index (χ1n) is 25.1. The molecule has 1 saturated heterocycles. The van der Waals surface area contributed by atoms with Gasteiger partial charge in [-0.2, -0.15) is 0 Å². The number of primary amides is 1. The maximum absolute atomic E-state index is 14.9. The number of carbonyl (C=O) groups is 8. The summed E-state index contributed by atoms with van der Waals surface area (Å²) in [5.41, 5.74) is 25.7. The van der Waals surface area contributed by atoms with Gasteiger partial charge in [-0.25, -0.2) is 0 Å². The number of para-hydroxylation sites is 1. The van der Waals surface area contributed by atoms with Crippen molar-refractivity contribution >= 4 is 85.7 Å². The van der Waals surface area contributed by atoms with Gasteiger partial charge in [0.1, 0.15) is 48.0 Å². The highest BCUT2D eigenvalue weighted by atomic mass is 33.1. The van der Waals surface area contributed by atoms with E-state index in [0.29, 0.717) is 22.0 Å². The Morgan fingerprint density at radius 3 is 2.00 bits per heavy atom. The van der Waals surface area contributed by atoms with E-state index in [1.807, 2.05) is 6.07 Å². The minimum Gasteiger partial charge on any atom is -0.508 e. The summed E-state index contributed by atoms with van der Waals surface area (Å²) >= 11 is 0. The van der Waals surface area contributed by atoms with Crippen LogP contribution < -0.4 is 60.2 Å². The molecule has 0 bridgehead atoms. The molecule has 3 aromatic carbocycles. The molecule has 8 amide bonds. The summed E-state index contributed by atoms with van der Waals surface area (Å²) < 4.78 is -1.45. The zero-order valence-corrected chi connectivity index (χ0v) is 45.5. The number of phenolic OH excluding ortho intramolecular Hbond substituents is 1. The average Bonchev–Trinajstić information content (AvgIpc) is 3.82. The first kappa shape index (κ1) is 61.5. The third-order valence-corrected chi connectivity index (χ3v) is 16.3. The molecule has 0 aliphatic carbocycles. The molecule has 2 heterocycles. The van der Waals surface area contributed by atoms with Gasteiger partial charge in [0, 0.05) is 52.9 Å². The zero-order valence-electron chi connectivity index (χ0n) is 43.9. The maximum atomic E-state index is 14.9.